The first-order chi connectivity index (χ1) is 8.60. The Hall–Kier alpha value is -1.67. The van der Waals surface area contributed by atoms with Gasteiger partial charge >= 0.3 is 0 Å². The van der Waals surface area contributed by atoms with Crippen LogP contribution in [0.5, 0.6) is 0 Å². The molecule has 0 aliphatic carbocycles. The minimum absolute atomic E-state index is 0.442. The van der Waals surface area contributed by atoms with Crippen molar-refractivity contribution in [3.05, 3.63) is 17.5 Å². The van der Waals surface area contributed by atoms with Gasteiger partial charge in [-0.1, -0.05) is 0 Å². The average molecular weight is 245 g/mol. The summed E-state index contributed by atoms with van der Waals surface area (Å²) in [6.07, 6.45) is 2.23. The fraction of sp³-hybridized carbons (Fsp3) is 0.615. The molecule has 0 aromatic carbocycles. The van der Waals surface area contributed by atoms with E-state index < -0.39 is 0 Å². The zero-order valence-electron chi connectivity index (χ0n) is 11.2. The van der Waals surface area contributed by atoms with Crippen molar-refractivity contribution in [1.82, 2.24) is 14.9 Å². The summed E-state index contributed by atoms with van der Waals surface area (Å²) in [7, 11) is 4.17. The summed E-state index contributed by atoms with van der Waals surface area (Å²) in [4.78, 5) is 13.2. The zero-order chi connectivity index (χ0) is 13.1. The third-order valence-electron chi connectivity index (χ3n) is 3.51. The van der Waals surface area contributed by atoms with Gasteiger partial charge in [0.15, 0.2) is 0 Å². The van der Waals surface area contributed by atoms with E-state index in [1.807, 2.05) is 14.0 Å². The maximum atomic E-state index is 8.95. The van der Waals surface area contributed by atoms with Crippen molar-refractivity contribution in [3.8, 4) is 6.07 Å². The van der Waals surface area contributed by atoms with E-state index in [0.717, 1.165) is 31.6 Å². The lowest BCUT2D eigenvalue weighted by atomic mass is 10.0. The van der Waals surface area contributed by atoms with Crippen LogP contribution in [-0.4, -0.2) is 48.1 Å². The van der Waals surface area contributed by atoms with E-state index in [1.54, 1.807) is 6.07 Å². The zero-order valence-corrected chi connectivity index (χ0v) is 11.2. The third-order valence-corrected chi connectivity index (χ3v) is 3.51. The summed E-state index contributed by atoms with van der Waals surface area (Å²) in [6, 6.07) is 4.27. The Kier molecular flexibility index (Phi) is 3.78. The van der Waals surface area contributed by atoms with Crippen LogP contribution in [-0.2, 0) is 0 Å². The lowest BCUT2D eigenvalue weighted by Gasteiger charge is -2.35. The van der Waals surface area contributed by atoms with Crippen LogP contribution in [0.4, 0.5) is 5.95 Å². The molecule has 2 heterocycles. The van der Waals surface area contributed by atoms with Crippen LogP contribution in [0.2, 0.25) is 0 Å². The number of aryl methyl sites for hydroxylation is 1. The Morgan fingerprint density at radius 1 is 1.39 bits per heavy atom. The van der Waals surface area contributed by atoms with E-state index in [4.69, 9.17) is 5.26 Å². The first kappa shape index (κ1) is 12.8. The number of hydrogen-bond acceptors (Lipinski definition) is 5. The monoisotopic (exact) mass is 245 g/mol. The number of likely N-dealkylation sites (tertiary alicyclic amines) is 1. The van der Waals surface area contributed by atoms with Gasteiger partial charge in [0, 0.05) is 18.8 Å². The molecule has 18 heavy (non-hydrogen) atoms. The van der Waals surface area contributed by atoms with E-state index in [-0.39, 0.29) is 0 Å². The minimum Gasteiger partial charge on any atom is -0.341 e. The van der Waals surface area contributed by atoms with Gasteiger partial charge in [0.25, 0.3) is 0 Å². The van der Waals surface area contributed by atoms with Gasteiger partial charge in [0.1, 0.15) is 11.8 Å². The topological polar surface area (TPSA) is 56.1 Å². The fourth-order valence-electron chi connectivity index (χ4n) is 2.31. The highest BCUT2D eigenvalue weighted by atomic mass is 15.3. The standard InChI is InChI=1S/C13H19N5/c1-10-8-11(9-14)16-13(15-10)18(3)12-4-6-17(2)7-5-12/h8,12H,4-7H2,1-3H3. The van der Waals surface area contributed by atoms with Crippen LogP contribution in [0.3, 0.4) is 0 Å². The summed E-state index contributed by atoms with van der Waals surface area (Å²) in [5, 5.41) is 8.95. The molecule has 5 heteroatoms. The van der Waals surface area contributed by atoms with Crippen LogP contribution in [0.1, 0.15) is 24.2 Å². The summed E-state index contributed by atoms with van der Waals surface area (Å²) in [6.45, 7) is 4.10. The summed E-state index contributed by atoms with van der Waals surface area (Å²) < 4.78 is 0. The van der Waals surface area contributed by atoms with Crippen LogP contribution >= 0.6 is 0 Å². The van der Waals surface area contributed by atoms with Gasteiger partial charge in [0.2, 0.25) is 5.95 Å². The molecule has 1 fully saturated rings. The Morgan fingerprint density at radius 2 is 2.06 bits per heavy atom. The molecule has 0 unspecified atom stereocenters. The van der Waals surface area contributed by atoms with Crippen molar-refractivity contribution in [1.29, 1.82) is 5.26 Å². The number of piperidine rings is 1. The lowest BCUT2D eigenvalue weighted by molar-refractivity contribution is 0.252. The quantitative estimate of drug-likeness (QED) is 0.783. The molecule has 1 aromatic heterocycles. The first-order valence-corrected chi connectivity index (χ1v) is 6.27. The van der Waals surface area contributed by atoms with Gasteiger partial charge in [0.05, 0.1) is 0 Å². The Morgan fingerprint density at radius 3 is 2.67 bits per heavy atom. The van der Waals surface area contributed by atoms with Crippen molar-refractivity contribution in [3.63, 3.8) is 0 Å². The molecular weight excluding hydrogens is 226 g/mol. The first-order valence-electron chi connectivity index (χ1n) is 6.27. The van der Waals surface area contributed by atoms with Gasteiger partial charge in [-0.25, -0.2) is 9.97 Å². The lowest BCUT2D eigenvalue weighted by Crippen LogP contribution is -2.42. The van der Waals surface area contributed by atoms with E-state index in [1.165, 1.54) is 0 Å². The molecule has 96 valence electrons. The van der Waals surface area contributed by atoms with E-state index in [0.29, 0.717) is 17.7 Å². The van der Waals surface area contributed by atoms with Gasteiger partial charge in [-0.05, 0) is 46.0 Å². The number of rotatable bonds is 2. The number of nitrogens with zero attached hydrogens (tertiary/aromatic N) is 5. The second-order valence-electron chi connectivity index (χ2n) is 4.95. The van der Waals surface area contributed by atoms with Crippen molar-refractivity contribution < 1.29 is 0 Å². The maximum Gasteiger partial charge on any atom is 0.226 e. The van der Waals surface area contributed by atoms with Gasteiger partial charge < -0.3 is 9.80 Å². The number of hydrogen-bond donors (Lipinski definition) is 0. The molecular formula is C13H19N5. The third kappa shape index (κ3) is 2.77. The Bertz CT molecular complexity index is 457. The Balaban J connectivity index is 2.16. The predicted octanol–water partition coefficient (Wildman–Crippen LogP) is 1.19. The molecule has 0 spiro atoms. The summed E-state index contributed by atoms with van der Waals surface area (Å²) in [5.74, 6) is 0.668. The molecule has 2 rings (SSSR count). The minimum atomic E-state index is 0.442. The molecule has 0 N–H and O–H groups in total. The average Bonchev–Trinajstić information content (AvgIpc) is 2.38. The smallest absolute Gasteiger partial charge is 0.226 e. The number of nitriles is 1. The SMILES string of the molecule is Cc1cc(C#N)nc(N(C)C2CCN(C)CC2)n1. The summed E-state index contributed by atoms with van der Waals surface area (Å²) in [5.41, 5.74) is 1.29. The highest BCUT2D eigenvalue weighted by Crippen LogP contribution is 2.19. The molecule has 1 aromatic rings. The molecule has 0 amide bonds. The van der Waals surface area contributed by atoms with Crippen molar-refractivity contribution in [2.75, 3.05) is 32.1 Å². The number of aromatic nitrogens is 2. The second-order valence-corrected chi connectivity index (χ2v) is 4.95. The van der Waals surface area contributed by atoms with Gasteiger partial charge in [-0.3, -0.25) is 0 Å². The van der Waals surface area contributed by atoms with Gasteiger partial charge in [-0.15, -0.1) is 0 Å². The molecule has 0 atom stereocenters. The number of anilines is 1. The molecule has 1 aliphatic heterocycles. The molecule has 1 aliphatic rings. The largest absolute Gasteiger partial charge is 0.341 e. The van der Waals surface area contributed by atoms with Crippen LogP contribution in [0, 0.1) is 18.3 Å². The van der Waals surface area contributed by atoms with Crippen LogP contribution < -0.4 is 4.90 Å². The van der Waals surface area contributed by atoms with Crippen LogP contribution in [0.25, 0.3) is 0 Å². The highest BCUT2D eigenvalue weighted by molar-refractivity contribution is 5.36. The molecule has 1 saturated heterocycles. The molecule has 0 saturated carbocycles. The fourth-order valence-corrected chi connectivity index (χ4v) is 2.31. The summed E-state index contributed by atoms with van der Waals surface area (Å²) >= 11 is 0. The van der Waals surface area contributed by atoms with Crippen molar-refractivity contribution in [2.24, 2.45) is 0 Å². The van der Waals surface area contributed by atoms with E-state index in [9.17, 15) is 0 Å². The normalized spacial score (nSPS) is 17.4. The second kappa shape index (κ2) is 5.32. The van der Waals surface area contributed by atoms with Crippen LogP contribution in [0.15, 0.2) is 6.07 Å². The van der Waals surface area contributed by atoms with Crippen molar-refractivity contribution >= 4 is 5.95 Å². The van der Waals surface area contributed by atoms with Crippen molar-refractivity contribution in [2.45, 2.75) is 25.8 Å². The highest BCUT2D eigenvalue weighted by Gasteiger charge is 2.22. The molecule has 5 nitrogen and oxygen atoms in total. The maximum absolute atomic E-state index is 8.95. The predicted molar refractivity (Wildman–Crippen MR) is 70.4 cm³/mol. The van der Waals surface area contributed by atoms with Gasteiger partial charge in [-0.2, -0.15) is 5.26 Å². The Labute approximate surface area is 108 Å². The molecule has 0 radical (unpaired) electrons. The van der Waals surface area contributed by atoms with E-state index >= 15 is 0 Å². The van der Waals surface area contributed by atoms with E-state index in [2.05, 4.69) is 32.9 Å². The molecule has 0 bridgehead atoms.